The second-order valence-corrected chi connectivity index (χ2v) is 7.96. The monoisotopic (exact) mass is 265 g/mol. The number of hydrogen-bond acceptors (Lipinski definition) is 1. The van der Waals surface area contributed by atoms with Crippen molar-refractivity contribution >= 4 is 0 Å². The summed E-state index contributed by atoms with van der Waals surface area (Å²) in [6, 6.07) is 0. The van der Waals surface area contributed by atoms with Gasteiger partial charge < -0.3 is 5.32 Å². The van der Waals surface area contributed by atoms with Crippen molar-refractivity contribution in [3.8, 4) is 0 Å². The third kappa shape index (κ3) is 3.54. The summed E-state index contributed by atoms with van der Waals surface area (Å²) >= 11 is 0. The molecular weight excluding hydrogens is 230 g/mol. The predicted octanol–water partition coefficient (Wildman–Crippen LogP) is 5.29. The Morgan fingerprint density at radius 3 is 1.53 bits per heavy atom. The minimum absolute atomic E-state index is 0.365. The third-order valence-electron chi connectivity index (χ3n) is 6.41. The fourth-order valence-electron chi connectivity index (χ4n) is 4.39. The van der Waals surface area contributed by atoms with Crippen LogP contribution in [0.2, 0.25) is 0 Å². The first-order valence-corrected chi connectivity index (χ1v) is 8.76. The van der Waals surface area contributed by atoms with E-state index in [1.54, 1.807) is 0 Å². The van der Waals surface area contributed by atoms with E-state index >= 15 is 0 Å². The molecule has 4 unspecified atom stereocenters. The van der Waals surface area contributed by atoms with Crippen LogP contribution in [0.15, 0.2) is 0 Å². The normalized spacial score (nSPS) is 45.5. The van der Waals surface area contributed by atoms with E-state index in [0.717, 1.165) is 11.8 Å². The van der Waals surface area contributed by atoms with Crippen LogP contribution in [0.4, 0.5) is 0 Å². The van der Waals surface area contributed by atoms with E-state index in [0.29, 0.717) is 11.1 Å². The van der Waals surface area contributed by atoms with Gasteiger partial charge in [0.15, 0.2) is 0 Å². The first-order chi connectivity index (χ1) is 8.96. The van der Waals surface area contributed by atoms with Gasteiger partial charge in [-0.05, 0) is 51.4 Å². The Hall–Kier alpha value is -0.0400. The predicted molar refractivity (Wildman–Crippen MR) is 84.4 cm³/mol. The second kappa shape index (κ2) is 6.16. The van der Waals surface area contributed by atoms with Crippen molar-refractivity contribution in [3.63, 3.8) is 0 Å². The second-order valence-electron chi connectivity index (χ2n) is 7.96. The quantitative estimate of drug-likeness (QED) is 0.669. The van der Waals surface area contributed by atoms with Crippen molar-refractivity contribution in [1.29, 1.82) is 0 Å². The van der Waals surface area contributed by atoms with E-state index in [4.69, 9.17) is 0 Å². The summed E-state index contributed by atoms with van der Waals surface area (Å²) in [7, 11) is 0. The molecule has 0 bridgehead atoms. The highest BCUT2D eigenvalue weighted by Gasteiger charge is 2.41. The molecule has 0 amide bonds. The summed E-state index contributed by atoms with van der Waals surface area (Å²) in [6.07, 6.45) is 14.1. The third-order valence-corrected chi connectivity index (χ3v) is 6.41. The lowest BCUT2D eigenvalue weighted by Crippen LogP contribution is -2.60. The molecule has 0 aromatic carbocycles. The average molecular weight is 265 g/mol. The molecule has 0 aromatic heterocycles. The molecule has 0 aromatic rings. The molecule has 2 aliphatic carbocycles. The van der Waals surface area contributed by atoms with Crippen molar-refractivity contribution in [2.45, 2.75) is 103 Å². The Balaban J connectivity index is 2.11. The summed E-state index contributed by atoms with van der Waals surface area (Å²) < 4.78 is 0. The van der Waals surface area contributed by atoms with E-state index in [1.165, 1.54) is 64.2 Å². The molecule has 1 heteroatoms. The van der Waals surface area contributed by atoms with E-state index in [9.17, 15) is 0 Å². The topological polar surface area (TPSA) is 12.0 Å². The zero-order valence-electron chi connectivity index (χ0n) is 13.7. The largest absolute Gasteiger partial charge is 0.306 e. The minimum atomic E-state index is 0.365. The Bertz CT molecular complexity index is 259. The van der Waals surface area contributed by atoms with Crippen LogP contribution in [0, 0.1) is 11.8 Å². The van der Waals surface area contributed by atoms with Crippen LogP contribution < -0.4 is 5.32 Å². The van der Waals surface area contributed by atoms with Gasteiger partial charge in [-0.15, -0.1) is 0 Å². The Labute approximate surface area is 120 Å². The molecule has 0 radical (unpaired) electrons. The van der Waals surface area contributed by atoms with Gasteiger partial charge in [0, 0.05) is 11.1 Å². The molecule has 1 N–H and O–H groups in total. The maximum Gasteiger partial charge on any atom is 0.0184 e. The maximum absolute atomic E-state index is 4.19. The minimum Gasteiger partial charge on any atom is -0.306 e. The molecule has 4 atom stereocenters. The lowest BCUT2D eigenvalue weighted by Gasteiger charge is -2.47. The van der Waals surface area contributed by atoms with Crippen molar-refractivity contribution in [3.05, 3.63) is 0 Å². The summed E-state index contributed by atoms with van der Waals surface area (Å²) in [5.74, 6) is 1.64. The average Bonchev–Trinajstić information content (AvgIpc) is 2.60. The molecule has 112 valence electrons. The first kappa shape index (κ1) is 15.4. The highest BCUT2D eigenvalue weighted by molar-refractivity contribution is 5.00. The van der Waals surface area contributed by atoms with Gasteiger partial charge >= 0.3 is 0 Å². The highest BCUT2D eigenvalue weighted by Crippen LogP contribution is 2.39. The van der Waals surface area contributed by atoms with Crippen molar-refractivity contribution in [2.24, 2.45) is 11.8 Å². The molecule has 19 heavy (non-hydrogen) atoms. The van der Waals surface area contributed by atoms with Crippen molar-refractivity contribution in [2.75, 3.05) is 0 Å². The Morgan fingerprint density at radius 2 is 1.11 bits per heavy atom. The van der Waals surface area contributed by atoms with Gasteiger partial charge in [-0.3, -0.25) is 0 Å². The van der Waals surface area contributed by atoms with Crippen molar-refractivity contribution < 1.29 is 0 Å². The lowest BCUT2D eigenvalue weighted by molar-refractivity contribution is 0.115. The molecule has 0 spiro atoms. The number of nitrogens with one attached hydrogen (secondary N) is 1. The molecule has 2 rings (SSSR count). The van der Waals surface area contributed by atoms with Gasteiger partial charge in [0.05, 0.1) is 0 Å². The zero-order chi connectivity index (χ0) is 13.9. The molecule has 0 heterocycles. The highest BCUT2D eigenvalue weighted by atomic mass is 15.1. The van der Waals surface area contributed by atoms with Crippen LogP contribution in [0.3, 0.4) is 0 Å². The van der Waals surface area contributed by atoms with E-state index in [-0.39, 0.29) is 0 Å². The Kier molecular flexibility index (Phi) is 4.98. The van der Waals surface area contributed by atoms with Gasteiger partial charge in [-0.2, -0.15) is 0 Å². The first-order valence-electron chi connectivity index (χ1n) is 8.76. The van der Waals surface area contributed by atoms with Crippen LogP contribution in [0.1, 0.15) is 91.9 Å². The number of hydrogen-bond donors (Lipinski definition) is 1. The van der Waals surface area contributed by atoms with Crippen LogP contribution in [0.25, 0.3) is 0 Å². The van der Waals surface area contributed by atoms with E-state index in [2.05, 4.69) is 33.0 Å². The standard InChI is InChI=1S/C18H35N/c1-15-11-7-5-9-13-17(15,3)19-18(4)14-10-6-8-12-16(18)2/h15-16,19H,5-14H2,1-4H3. The molecule has 0 aliphatic heterocycles. The lowest BCUT2D eigenvalue weighted by atomic mass is 9.75. The summed E-state index contributed by atoms with van der Waals surface area (Å²) in [6.45, 7) is 9.96. The van der Waals surface area contributed by atoms with Gasteiger partial charge in [0.25, 0.3) is 0 Å². The fraction of sp³-hybridized carbons (Fsp3) is 1.00. The smallest absolute Gasteiger partial charge is 0.0184 e. The SMILES string of the molecule is CC1CCCCCC1(C)NC1(C)CCCCCC1C. The molecule has 2 fully saturated rings. The molecular formula is C18H35N. The molecule has 0 saturated heterocycles. The van der Waals surface area contributed by atoms with Crippen LogP contribution >= 0.6 is 0 Å². The van der Waals surface area contributed by atoms with Gasteiger partial charge in [-0.1, -0.05) is 52.4 Å². The van der Waals surface area contributed by atoms with Crippen molar-refractivity contribution in [1.82, 2.24) is 5.32 Å². The molecule has 2 aliphatic rings. The molecule has 1 nitrogen and oxygen atoms in total. The Morgan fingerprint density at radius 1 is 0.684 bits per heavy atom. The van der Waals surface area contributed by atoms with Crippen LogP contribution in [-0.2, 0) is 0 Å². The maximum atomic E-state index is 4.19. The van der Waals surface area contributed by atoms with E-state index < -0.39 is 0 Å². The summed E-state index contributed by atoms with van der Waals surface area (Å²) in [5.41, 5.74) is 0.730. The van der Waals surface area contributed by atoms with Crippen LogP contribution in [0.5, 0.6) is 0 Å². The van der Waals surface area contributed by atoms with Gasteiger partial charge in [0.2, 0.25) is 0 Å². The van der Waals surface area contributed by atoms with Crippen LogP contribution in [-0.4, -0.2) is 11.1 Å². The zero-order valence-corrected chi connectivity index (χ0v) is 13.7. The summed E-state index contributed by atoms with van der Waals surface area (Å²) in [4.78, 5) is 0. The van der Waals surface area contributed by atoms with E-state index in [1.807, 2.05) is 0 Å². The van der Waals surface area contributed by atoms with Gasteiger partial charge in [0.1, 0.15) is 0 Å². The molecule has 2 saturated carbocycles. The number of rotatable bonds is 2. The fourth-order valence-corrected chi connectivity index (χ4v) is 4.39. The summed E-state index contributed by atoms with van der Waals surface area (Å²) in [5, 5.41) is 4.19. The van der Waals surface area contributed by atoms with Gasteiger partial charge in [-0.25, -0.2) is 0 Å².